The summed E-state index contributed by atoms with van der Waals surface area (Å²) in [6.45, 7) is 0. The van der Waals surface area contributed by atoms with E-state index in [9.17, 15) is 18.9 Å². The van der Waals surface area contributed by atoms with Gasteiger partial charge in [-0.1, -0.05) is 23.2 Å². The van der Waals surface area contributed by atoms with Gasteiger partial charge in [-0.3, -0.25) is 10.1 Å². The molecule has 2 aromatic rings. The van der Waals surface area contributed by atoms with E-state index in [1.807, 2.05) is 0 Å². The molecule has 0 saturated heterocycles. The molecule has 0 saturated carbocycles. The second-order valence-corrected chi connectivity index (χ2v) is 4.27. The second kappa shape index (κ2) is 5.07. The van der Waals surface area contributed by atoms with Crippen molar-refractivity contribution >= 4 is 28.9 Å². The summed E-state index contributed by atoms with van der Waals surface area (Å²) in [6.07, 6.45) is 0. The topological polar surface area (TPSA) is 56.0 Å². The summed E-state index contributed by atoms with van der Waals surface area (Å²) in [5.74, 6) is -2.50. The van der Waals surface area contributed by atoms with Crippen LogP contribution in [0.4, 0.5) is 14.5 Å². The standard InChI is InChI=1S/C11H4Cl2F2N2O2/c12-5-1-2-6(14)10(15)9(5)11-7(17(18)19)3-4-8(13)16-11/h1-4H. The molecule has 0 aliphatic rings. The molecule has 0 spiro atoms. The smallest absolute Gasteiger partial charge is 0.258 e. The van der Waals surface area contributed by atoms with E-state index in [0.29, 0.717) is 0 Å². The molecule has 0 N–H and O–H groups in total. The number of pyridine rings is 1. The van der Waals surface area contributed by atoms with Crippen LogP contribution in [0.25, 0.3) is 11.3 Å². The van der Waals surface area contributed by atoms with E-state index in [1.165, 1.54) is 6.07 Å². The van der Waals surface area contributed by atoms with Gasteiger partial charge in [0.15, 0.2) is 17.3 Å². The maximum absolute atomic E-state index is 13.8. The zero-order valence-electron chi connectivity index (χ0n) is 9.03. The Labute approximate surface area is 115 Å². The van der Waals surface area contributed by atoms with E-state index in [4.69, 9.17) is 23.2 Å². The first-order valence-corrected chi connectivity index (χ1v) is 5.62. The fourth-order valence-corrected chi connectivity index (χ4v) is 1.89. The lowest BCUT2D eigenvalue weighted by molar-refractivity contribution is -0.384. The number of nitrogens with zero attached hydrogens (tertiary/aromatic N) is 2. The van der Waals surface area contributed by atoms with Crippen molar-refractivity contribution < 1.29 is 13.7 Å². The number of aromatic nitrogens is 1. The predicted molar refractivity (Wildman–Crippen MR) is 66.3 cm³/mol. The third-order valence-electron chi connectivity index (χ3n) is 2.32. The summed E-state index contributed by atoms with van der Waals surface area (Å²) < 4.78 is 27.0. The van der Waals surface area contributed by atoms with Crippen LogP contribution in [0.5, 0.6) is 0 Å². The van der Waals surface area contributed by atoms with Crippen molar-refractivity contribution in [1.82, 2.24) is 4.98 Å². The van der Waals surface area contributed by atoms with Crippen LogP contribution in [0.3, 0.4) is 0 Å². The van der Waals surface area contributed by atoms with E-state index in [-0.39, 0.29) is 10.2 Å². The average Bonchev–Trinajstić information content (AvgIpc) is 2.34. The lowest BCUT2D eigenvalue weighted by atomic mass is 10.1. The van der Waals surface area contributed by atoms with E-state index >= 15 is 0 Å². The maximum atomic E-state index is 13.8. The van der Waals surface area contributed by atoms with Gasteiger partial charge in [0, 0.05) is 6.07 Å². The lowest BCUT2D eigenvalue weighted by Crippen LogP contribution is -1.99. The van der Waals surface area contributed by atoms with Crippen LogP contribution in [-0.2, 0) is 0 Å². The Kier molecular flexibility index (Phi) is 3.64. The normalized spacial score (nSPS) is 10.5. The second-order valence-electron chi connectivity index (χ2n) is 3.48. The highest BCUT2D eigenvalue weighted by molar-refractivity contribution is 6.33. The predicted octanol–water partition coefficient (Wildman–Crippen LogP) is 4.24. The molecule has 1 heterocycles. The van der Waals surface area contributed by atoms with Gasteiger partial charge < -0.3 is 0 Å². The first kappa shape index (κ1) is 13.6. The van der Waals surface area contributed by atoms with E-state index in [1.54, 1.807) is 0 Å². The van der Waals surface area contributed by atoms with Gasteiger partial charge in [-0.05, 0) is 18.2 Å². The molecule has 2 rings (SSSR count). The minimum Gasteiger partial charge on any atom is -0.258 e. The molecule has 0 unspecified atom stereocenters. The minimum atomic E-state index is -1.31. The van der Waals surface area contributed by atoms with Crippen LogP contribution >= 0.6 is 23.2 Å². The largest absolute Gasteiger partial charge is 0.295 e. The van der Waals surface area contributed by atoms with Crippen molar-refractivity contribution in [3.05, 3.63) is 56.2 Å². The van der Waals surface area contributed by atoms with Crippen LogP contribution < -0.4 is 0 Å². The van der Waals surface area contributed by atoms with Crippen molar-refractivity contribution in [2.24, 2.45) is 0 Å². The molecule has 0 atom stereocenters. The molecule has 0 aliphatic carbocycles. The zero-order valence-corrected chi connectivity index (χ0v) is 10.5. The summed E-state index contributed by atoms with van der Waals surface area (Å²) in [5, 5.41) is 10.6. The van der Waals surface area contributed by atoms with Gasteiger partial charge in [-0.25, -0.2) is 13.8 Å². The average molecular weight is 305 g/mol. The Balaban J connectivity index is 2.82. The Hall–Kier alpha value is -1.79. The Morgan fingerprint density at radius 3 is 2.47 bits per heavy atom. The summed E-state index contributed by atoms with van der Waals surface area (Å²) in [4.78, 5) is 13.8. The molecular formula is C11H4Cl2F2N2O2. The van der Waals surface area contributed by atoms with Crippen molar-refractivity contribution in [1.29, 1.82) is 0 Å². The van der Waals surface area contributed by atoms with Gasteiger partial charge in [0.25, 0.3) is 5.69 Å². The third kappa shape index (κ3) is 2.50. The maximum Gasteiger partial charge on any atom is 0.295 e. The van der Waals surface area contributed by atoms with Crippen molar-refractivity contribution in [2.75, 3.05) is 0 Å². The van der Waals surface area contributed by atoms with Gasteiger partial charge >= 0.3 is 0 Å². The van der Waals surface area contributed by atoms with Gasteiger partial charge in [0.1, 0.15) is 5.15 Å². The highest BCUT2D eigenvalue weighted by atomic mass is 35.5. The summed E-state index contributed by atoms with van der Waals surface area (Å²) >= 11 is 11.4. The quantitative estimate of drug-likeness (QED) is 0.361. The first-order valence-electron chi connectivity index (χ1n) is 4.86. The van der Waals surface area contributed by atoms with Crippen molar-refractivity contribution in [3.8, 4) is 11.3 Å². The Morgan fingerprint density at radius 1 is 1.16 bits per heavy atom. The SMILES string of the molecule is O=[N+]([O-])c1ccc(Cl)nc1-c1c(Cl)ccc(F)c1F. The van der Waals surface area contributed by atoms with Crippen LogP contribution in [-0.4, -0.2) is 9.91 Å². The highest BCUT2D eigenvalue weighted by Gasteiger charge is 2.24. The third-order valence-corrected chi connectivity index (χ3v) is 2.84. The molecule has 4 nitrogen and oxygen atoms in total. The molecule has 0 amide bonds. The summed E-state index contributed by atoms with van der Waals surface area (Å²) in [7, 11) is 0. The van der Waals surface area contributed by atoms with Gasteiger partial charge in [0.2, 0.25) is 0 Å². The van der Waals surface area contributed by atoms with Crippen molar-refractivity contribution in [3.63, 3.8) is 0 Å². The van der Waals surface area contributed by atoms with Crippen LogP contribution in [0.1, 0.15) is 0 Å². The molecule has 1 aromatic heterocycles. The van der Waals surface area contributed by atoms with Crippen LogP contribution in [0.2, 0.25) is 10.2 Å². The van der Waals surface area contributed by atoms with E-state index < -0.39 is 33.5 Å². The van der Waals surface area contributed by atoms with E-state index in [0.717, 1.165) is 18.2 Å². The number of benzene rings is 1. The Bertz CT molecular complexity index is 680. The van der Waals surface area contributed by atoms with Gasteiger partial charge in [-0.15, -0.1) is 0 Å². The fraction of sp³-hybridized carbons (Fsp3) is 0. The molecule has 0 radical (unpaired) electrons. The number of hydrogen-bond donors (Lipinski definition) is 0. The minimum absolute atomic E-state index is 0.0969. The zero-order chi connectivity index (χ0) is 14.2. The molecule has 19 heavy (non-hydrogen) atoms. The summed E-state index contributed by atoms with van der Waals surface area (Å²) in [5.41, 5.74) is -1.42. The molecule has 0 bridgehead atoms. The first-order chi connectivity index (χ1) is 8.91. The number of nitro groups is 1. The molecular weight excluding hydrogens is 301 g/mol. The van der Waals surface area contributed by atoms with Crippen molar-refractivity contribution in [2.45, 2.75) is 0 Å². The molecule has 8 heteroatoms. The molecule has 98 valence electrons. The van der Waals surface area contributed by atoms with Gasteiger partial charge in [-0.2, -0.15) is 0 Å². The molecule has 0 aliphatic heterocycles. The molecule has 1 aromatic carbocycles. The number of rotatable bonds is 2. The number of halogens is 4. The number of hydrogen-bond acceptors (Lipinski definition) is 3. The van der Waals surface area contributed by atoms with E-state index in [2.05, 4.69) is 4.98 Å². The monoisotopic (exact) mass is 304 g/mol. The molecule has 0 fully saturated rings. The lowest BCUT2D eigenvalue weighted by Gasteiger charge is -2.07. The highest BCUT2D eigenvalue weighted by Crippen LogP contribution is 2.36. The summed E-state index contributed by atoms with van der Waals surface area (Å²) in [6, 6.07) is 4.12. The van der Waals surface area contributed by atoms with Crippen LogP contribution in [0, 0.1) is 21.7 Å². The Morgan fingerprint density at radius 2 is 1.84 bits per heavy atom. The van der Waals surface area contributed by atoms with Crippen LogP contribution in [0.15, 0.2) is 24.3 Å². The van der Waals surface area contributed by atoms with Gasteiger partial charge in [0.05, 0.1) is 15.5 Å². The fourth-order valence-electron chi connectivity index (χ4n) is 1.50.